The second-order valence-electron chi connectivity index (χ2n) is 8.10. The minimum atomic E-state index is -0.533. The fourth-order valence-electron chi connectivity index (χ4n) is 4.66. The first-order valence-electron chi connectivity index (χ1n) is 10.6. The summed E-state index contributed by atoms with van der Waals surface area (Å²) >= 11 is 0. The summed E-state index contributed by atoms with van der Waals surface area (Å²) in [4.78, 5) is 17.5. The summed E-state index contributed by atoms with van der Waals surface area (Å²) in [5.41, 5.74) is 4.93. The first-order valence-corrected chi connectivity index (χ1v) is 10.6. The molecule has 158 valence electrons. The Morgan fingerprint density at radius 2 is 1.91 bits per heavy atom. The van der Waals surface area contributed by atoms with Crippen molar-refractivity contribution in [2.75, 3.05) is 12.4 Å². The van der Waals surface area contributed by atoms with Gasteiger partial charge in [-0.3, -0.25) is 9.78 Å². The standard InChI is InChI=1S/C24H21N7O/c1-25-12-14-5-2-6-15(11-14)19-21(16-7-4-10-26-13-16)27-18-9-3-8-17-20(18)22(19)30-31(23(17)32)24-28-29-24/h2-11,13,19,21,24-25,27H,12H2,1H3. The topological polar surface area (TPSA) is 96.6 Å². The monoisotopic (exact) mass is 423 g/mol. The Balaban J connectivity index is 1.63. The summed E-state index contributed by atoms with van der Waals surface area (Å²) in [6.07, 6.45) is 3.12. The van der Waals surface area contributed by atoms with Gasteiger partial charge in [0, 0.05) is 30.0 Å². The maximum Gasteiger partial charge on any atom is 0.278 e. The fourth-order valence-corrected chi connectivity index (χ4v) is 4.66. The molecule has 2 atom stereocenters. The highest BCUT2D eigenvalue weighted by Crippen LogP contribution is 2.46. The highest BCUT2D eigenvalue weighted by molar-refractivity contribution is 5.97. The molecule has 4 heterocycles. The first kappa shape index (κ1) is 18.8. The molecule has 2 aliphatic heterocycles. The van der Waals surface area contributed by atoms with Gasteiger partial charge in [-0.15, -0.1) is 10.2 Å². The van der Waals surface area contributed by atoms with Crippen molar-refractivity contribution in [1.82, 2.24) is 20.1 Å². The Morgan fingerprint density at radius 3 is 2.69 bits per heavy atom. The molecule has 0 amide bonds. The number of benzene rings is 2. The molecule has 0 bridgehead atoms. The van der Waals surface area contributed by atoms with Gasteiger partial charge < -0.3 is 10.6 Å². The van der Waals surface area contributed by atoms with E-state index in [9.17, 15) is 4.79 Å². The molecule has 4 aromatic rings. The van der Waals surface area contributed by atoms with Crippen molar-refractivity contribution in [1.29, 1.82) is 0 Å². The normalized spacial score (nSPS) is 19.2. The van der Waals surface area contributed by atoms with Crippen LogP contribution in [0.5, 0.6) is 0 Å². The van der Waals surface area contributed by atoms with E-state index < -0.39 is 6.29 Å². The lowest BCUT2D eigenvalue weighted by molar-refractivity contribution is 0.540. The van der Waals surface area contributed by atoms with Crippen LogP contribution in [0.4, 0.5) is 5.69 Å². The number of nitrogens with one attached hydrogen (secondary N) is 2. The molecule has 2 aromatic heterocycles. The van der Waals surface area contributed by atoms with Gasteiger partial charge in [-0.2, -0.15) is 9.78 Å². The van der Waals surface area contributed by atoms with Crippen LogP contribution in [0.3, 0.4) is 0 Å². The molecular weight excluding hydrogens is 402 g/mol. The SMILES string of the molecule is CNCc1cccc(C2c3nn(C4N=N4)c(=O)c4cccc(c34)NC2c2cccnc2)c1. The average molecular weight is 423 g/mol. The maximum atomic E-state index is 13.1. The fraction of sp³-hybridized carbons (Fsp3) is 0.208. The number of anilines is 1. The largest absolute Gasteiger partial charge is 0.377 e. The molecule has 0 spiro atoms. The minimum absolute atomic E-state index is 0.0989. The zero-order valence-electron chi connectivity index (χ0n) is 17.4. The summed E-state index contributed by atoms with van der Waals surface area (Å²) in [5, 5.41) is 21.1. The lowest BCUT2D eigenvalue weighted by Crippen LogP contribution is -2.31. The highest BCUT2D eigenvalue weighted by Gasteiger charge is 2.37. The van der Waals surface area contributed by atoms with E-state index in [1.807, 2.05) is 37.5 Å². The first-order chi connectivity index (χ1) is 15.7. The second-order valence-corrected chi connectivity index (χ2v) is 8.10. The zero-order chi connectivity index (χ0) is 21.7. The summed E-state index contributed by atoms with van der Waals surface area (Å²) in [5.74, 6) is -0.126. The van der Waals surface area contributed by atoms with E-state index in [4.69, 9.17) is 5.10 Å². The molecule has 0 saturated heterocycles. The number of hydrogen-bond acceptors (Lipinski definition) is 7. The molecule has 8 heteroatoms. The molecule has 6 rings (SSSR count). The van der Waals surface area contributed by atoms with E-state index >= 15 is 0 Å². The zero-order valence-corrected chi connectivity index (χ0v) is 17.4. The number of aromatic nitrogens is 3. The van der Waals surface area contributed by atoms with Crippen molar-refractivity contribution in [2.24, 2.45) is 10.2 Å². The third-order valence-electron chi connectivity index (χ3n) is 6.09. The van der Waals surface area contributed by atoms with Gasteiger partial charge >= 0.3 is 0 Å². The lowest BCUT2D eigenvalue weighted by Gasteiger charge is -2.35. The van der Waals surface area contributed by atoms with Gasteiger partial charge in [0.2, 0.25) is 0 Å². The number of pyridine rings is 1. The molecule has 0 saturated carbocycles. The molecule has 2 aromatic carbocycles. The van der Waals surface area contributed by atoms with E-state index in [2.05, 4.69) is 56.2 Å². The molecule has 0 fully saturated rings. The summed E-state index contributed by atoms with van der Waals surface area (Å²) in [7, 11) is 1.94. The van der Waals surface area contributed by atoms with E-state index in [0.717, 1.165) is 34.4 Å². The van der Waals surface area contributed by atoms with Crippen molar-refractivity contribution in [3.63, 3.8) is 0 Å². The van der Waals surface area contributed by atoms with Gasteiger partial charge in [-0.25, -0.2) is 0 Å². The smallest absolute Gasteiger partial charge is 0.278 e. The third-order valence-corrected chi connectivity index (χ3v) is 6.09. The van der Waals surface area contributed by atoms with Crippen LogP contribution in [0.2, 0.25) is 0 Å². The van der Waals surface area contributed by atoms with Crippen LogP contribution in [0.1, 0.15) is 40.6 Å². The Bertz CT molecular complexity index is 1410. The van der Waals surface area contributed by atoms with Crippen LogP contribution in [-0.2, 0) is 6.54 Å². The minimum Gasteiger partial charge on any atom is -0.377 e. The summed E-state index contributed by atoms with van der Waals surface area (Å²) in [6.45, 7) is 0.768. The van der Waals surface area contributed by atoms with Crippen molar-refractivity contribution in [3.05, 3.63) is 99.7 Å². The van der Waals surface area contributed by atoms with Crippen LogP contribution in [-0.4, -0.2) is 21.8 Å². The quantitative estimate of drug-likeness (QED) is 0.510. The van der Waals surface area contributed by atoms with E-state index in [-0.39, 0.29) is 17.5 Å². The summed E-state index contributed by atoms with van der Waals surface area (Å²) in [6, 6.07) is 18.2. The Hall–Kier alpha value is -3.91. The van der Waals surface area contributed by atoms with Crippen molar-refractivity contribution < 1.29 is 0 Å². The number of hydrogen-bond donors (Lipinski definition) is 2. The van der Waals surface area contributed by atoms with Gasteiger partial charge in [0.1, 0.15) is 0 Å². The Kier molecular flexibility index (Phi) is 4.32. The van der Waals surface area contributed by atoms with Gasteiger partial charge in [0.25, 0.3) is 11.8 Å². The molecular formula is C24H21N7O. The number of rotatable bonds is 5. The molecule has 2 N–H and O–H groups in total. The predicted molar refractivity (Wildman–Crippen MR) is 122 cm³/mol. The molecule has 2 unspecified atom stereocenters. The lowest BCUT2D eigenvalue weighted by atomic mass is 9.80. The number of nitrogens with zero attached hydrogens (tertiary/aromatic N) is 5. The third kappa shape index (κ3) is 2.99. The highest BCUT2D eigenvalue weighted by atomic mass is 16.1. The van der Waals surface area contributed by atoms with Gasteiger partial charge in [0.15, 0.2) is 0 Å². The van der Waals surface area contributed by atoms with Crippen molar-refractivity contribution in [3.8, 4) is 0 Å². The van der Waals surface area contributed by atoms with Crippen molar-refractivity contribution >= 4 is 16.5 Å². The second kappa shape index (κ2) is 7.35. The van der Waals surface area contributed by atoms with Crippen LogP contribution in [0, 0.1) is 0 Å². The Labute approximate surface area is 184 Å². The maximum absolute atomic E-state index is 13.1. The predicted octanol–water partition coefficient (Wildman–Crippen LogP) is 3.73. The molecule has 8 nitrogen and oxygen atoms in total. The molecule has 0 radical (unpaired) electrons. The van der Waals surface area contributed by atoms with Crippen LogP contribution in [0.25, 0.3) is 10.8 Å². The van der Waals surface area contributed by atoms with Gasteiger partial charge in [0.05, 0.1) is 23.0 Å². The molecule has 0 aliphatic carbocycles. The van der Waals surface area contributed by atoms with Crippen LogP contribution >= 0.6 is 0 Å². The molecule has 32 heavy (non-hydrogen) atoms. The molecule has 2 aliphatic rings. The summed E-state index contributed by atoms with van der Waals surface area (Å²) < 4.78 is 1.40. The van der Waals surface area contributed by atoms with E-state index in [1.54, 1.807) is 6.20 Å². The average Bonchev–Trinajstić information content (AvgIpc) is 3.67. The van der Waals surface area contributed by atoms with E-state index in [0.29, 0.717) is 5.39 Å². The van der Waals surface area contributed by atoms with Gasteiger partial charge in [-0.05, 0) is 41.9 Å². The van der Waals surface area contributed by atoms with Crippen molar-refractivity contribution in [2.45, 2.75) is 24.8 Å². The van der Waals surface area contributed by atoms with Crippen LogP contribution in [0.15, 0.2) is 82.0 Å². The Morgan fingerprint density at radius 1 is 1.06 bits per heavy atom. The van der Waals surface area contributed by atoms with Gasteiger partial charge in [-0.1, -0.05) is 36.4 Å². The van der Waals surface area contributed by atoms with Crippen LogP contribution < -0.4 is 16.2 Å². The van der Waals surface area contributed by atoms with E-state index in [1.165, 1.54) is 10.2 Å².